The molecule has 16 heteroatoms. The predicted molar refractivity (Wildman–Crippen MR) is 125 cm³/mol. The molecule has 2 aromatic carbocycles. The highest BCUT2D eigenvalue weighted by atomic mass is 32.2. The molecule has 1 heterocycles. The molecule has 0 fully saturated rings. The molecule has 0 aromatic heterocycles. The molecule has 0 aliphatic carbocycles. The lowest BCUT2D eigenvalue weighted by Crippen LogP contribution is -2.64. The highest BCUT2D eigenvalue weighted by molar-refractivity contribution is 7.87. The van der Waals surface area contributed by atoms with Crippen molar-refractivity contribution in [2.45, 2.75) is 62.3 Å². The predicted octanol–water partition coefficient (Wildman–Crippen LogP) is 6.94. The van der Waals surface area contributed by atoms with Gasteiger partial charge in [-0.15, -0.1) is 9.35 Å². The maximum atomic E-state index is 14.1. The molecule has 0 unspecified atom stereocenters. The van der Waals surface area contributed by atoms with E-state index < -0.39 is 61.4 Å². The summed E-state index contributed by atoms with van der Waals surface area (Å²) in [5.41, 5.74) is -0.784. The van der Waals surface area contributed by atoms with Crippen LogP contribution in [-0.4, -0.2) is 48.6 Å². The number of amides is 2. The first-order valence-corrected chi connectivity index (χ1v) is 12.8. The highest BCUT2D eigenvalue weighted by Gasteiger charge is 2.86. The Balaban J connectivity index is 0.00000302. The van der Waals surface area contributed by atoms with Gasteiger partial charge in [0.1, 0.15) is 0 Å². The zero-order valence-electron chi connectivity index (χ0n) is 22.2. The molecule has 2 aromatic rings. The van der Waals surface area contributed by atoms with Crippen LogP contribution < -0.4 is 0 Å². The summed E-state index contributed by atoms with van der Waals surface area (Å²) < 4.78 is 157. The number of unbranched alkanes of at least 4 members (excludes halogenated alkanes) is 4. The summed E-state index contributed by atoms with van der Waals surface area (Å²) in [5, 5.41) is -8.13. The molecule has 0 radical (unpaired) electrons. The van der Waals surface area contributed by atoms with E-state index in [1.54, 1.807) is 0 Å². The molecule has 0 saturated carbocycles. The monoisotopic (exact) mass is 613 g/mol. The maximum Gasteiger partial charge on any atom is 0.460 e. The van der Waals surface area contributed by atoms with Crippen LogP contribution in [0.3, 0.4) is 0 Å². The van der Waals surface area contributed by atoms with Crippen molar-refractivity contribution in [3.63, 3.8) is 0 Å². The van der Waals surface area contributed by atoms with Gasteiger partial charge in [0, 0.05) is 21.8 Å². The Kier molecular flexibility index (Phi) is 7.85. The van der Waals surface area contributed by atoms with Crippen LogP contribution in [-0.2, 0) is 14.4 Å². The normalized spacial score (nSPS) is 15.1. The van der Waals surface area contributed by atoms with Crippen molar-refractivity contribution in [3.8, 4) is 11.8 Å². The van der Waals surface area contributed by atoms with Crippen LogP contribution in [0.15, 0.2) is 30.3 Å². The first-order chi connectivity index (χ1) is 19.3. The molecule has 0 atom stereocenters. The molecular weight excluding hydrogens is 585 g/mol. The van der Waals surface area contributed by atoms with Crippen molar-refractivity contribution in [2.75, 3.05) is 0 Å². The number of hydroxylamine groups is 2. The molecule has 1 aliphatic heterocycles. The van der Waals surface area contributed by atoms with Gasteiger partial charge in [-0.05, 0) is 30.0 Å². The molecule has 222 valence electrons. The van der Waals surface area contributed by atoms with Crippen molar-refractivity contribution in [1.82, 2.24) is 5.06 Å². The Morgan fingerprint density at radius 1 is 0.875 bits per heavy atom. The van der Waals surface area contributed by atoms with E-state index in [0.717, 1.165) is 37.8 Å². The van der Waals surface area contributed by atoms with E-state index in [2.05, 4.69) is 16.1 Å². The largest absolute Gasteiger partial charge is 0.460 e. The molecule has 0 spiro atoms. The lowest BCUT2D eigenvalue weighted by atomic mass is 9.92. The lowest BCUT2D eigenvalue weighted by Gasteiger charge is -2.33. The number of nitrogens with zero attached hydrogens (tertiary/aromatic N) is 1. The zero-order valence-corrected chi connectivity index (χ0v) is 21.0. The summed E-state index contributed by atoms with van der Waals surface area (Å²) in [6.07, 6.45) is -3.03. The number of benzene rings is 2. The van der Waals surface area contributed by atoms with Crippen LogP contribution in [0.4, 0.5) is 39.5 Å². The minimum Gasteiger partial charge on any atom is -0.266 e. The zero-order chi connectivity index (χ0) is 32.3. The van der Waals surface area contributed by atoms with Crippen molar-refractivity contribution in [2.24, 2.45) is 0 Å². The molecule has 2 amide bonds. The average molecular weight is 614 g/mol. The maximum absolute atomic E-state index is 14.1. The van der Waals surface area contributed by atoms with Gasteiger partial charge in [0.2, 0.25) is 0 Å². The van der Waals surface area contributed by atoms with Gasteiger partial charge in [-0.1, -0.05) is 50.2 Å². The summed E-state index contributed by atoms with van der Waals surface area (Å²) in [5.74, 6) is -13.0. The first kappa shape index (κ1) is 29.7. The molecule has 0 bridgehead atoms. The fourth-order valence-corrected chi connectivity index (χ4v) is 4.58. The number of carbonyl (C=O) groups excluding carboxylic acids is 2. The fraction of sp³-hybridized carbons (Fsp3) is 0.417. The molecule has 3 rings (SSSR count). The molecule has 1 aliphatic rings. The second-order valence-corrected chi connectivity index (χ2v) is 10.2. The summed E-state index contributed by atoms with van der Waals surface area (Å²) in [4.78, 5) is 25.6. The number of imide groups is 1. The topological polar surface area (TPSA) is 80.8 Å². The summed E-state index contributed by atoms with van der Waals surface area (Å²) >= 11 is 0. The van der Waals surface area contributed by atoms with Crippen molar-refractivity contribution in [1.29, 1.82) is 0 Å². The number of hydrogen-bond donors (Lipinski definition) is 0. The number of halogens is 9. The average Bonchev–Trinajstić information content (AvgIpc) is 2.92. The number of rotatable bonds is 9. The van der Waals surface area contributed by atoms with Crippen LogP contribution in [0.1, 0.15) is 69.7 Å². The number of alkyl halides is 9. The first-order valence-electron chi connectivity index (χ1n) is 12.4. The fourth-order valence-electron chi connectivity index (χ4n) is 3.71. The van der Waals surface area contributed by atoms with Gasteiger partial charge >= 0.3 is 33.4 Å². The van der Waals surface area contributed by atoms with Crippen LogP contribution in [0.2, 0.25) is 0 Å². The van der Waals surface area contributed by atoms with E-state index >= 15 is 0 Å². The third-order valence-corrected chi connectivity index (χ3v) is 7.08. The van der Waals surface area contributed by atoms with Crippen LogP contribution in [0.5, 0.6) is 0 Å². The number of carbonyl (C=O) groups is 2. The molecular formula is C24H22F9NO5S. The van der Waals surface area contributed by atoms with E-state index in [1.807, 2.05) is 6.92 Å². The minimum absolute atomic E-state index is 0. The van der Waals surface area contributed by atoms with Gasteiger partial charge in [-0.2, -0.15) is 47.9 Å². The minimum atomic E-state index is -7.61. The molecule has 0 N–H and O–H groups in total. The Labute approximate surface area is 225 Å². The number of hydrogen-bond acceptors (Lipinski definition) is 5. The van der Waals surface area contributed by atoms with Crippen molar-refractivity contribution >= 4 is 32.7 Å². The quantitative estimate of drug-likeness (QED) is 0.133. The SMILES string of the molecule is CCCCCCC#Cc1ccc2c3c(cccc13)C(=O)N(OS(=O)(=O)C(F)(F)C(F)(F)C(F)(F)C(F)(F)F)C2=O.[3HH].[3H][3H]. The molecule has 6 nitrogen and oxygen atoms in total. The van der Waals surface area contributed by atoms with Gasteiger partial charge in [-0.25, -0.2) is 0 Å². The second-order valence-electron chi connectivity index (χ2n) is 8.60. The van der Waals surface area contributed by atoms with E-state index in [0.29, 0.717) is 12.0 Å². The summed E-state index contributed by atoms with van der Waals surface area (Å²) in [6, 6.07) is 5.88. The van der Waals surface area contributed by atoms with Gasteiger partial charge in [-0.3, -0.25) is 9.59 Å². The third-order valence-electron chi connectivity index (χ3n) is 5.85. The Bertz CT molecular complexity index is 1500. The van der Waals surface area contributed by atoms with Crippen LogP contribution in [0, 0.1) is 11.8 Å². The Morgan fingerprint density at radius 3 is 2.05 bits per heavy atom. The van der Waals surface area contributed by atoms with E-state index in [1.165, 1.54) is 18.2 Å². The van der Waals surface area contributed by atoms with E-state index in [9.17, 15) is 57.5 Å². The molecule has 40 heavy (non-hydrogen) atoms. The second kappa shape index (κ2) is 10.6. The Hall–Kier alpha value is -3.32. The van der Waals surface area contributed by atoms with E-state index in [-0.39, 0.29) is 12.2 Å². The molecule has 0 saturated heterocycles. The highest BCUT2D eigenvalue weighted by Crippen LogP contribution is 2.55. The van der Waals surface area contributed by atoms with Gasteiger partial charge in [0.05, 0.1) is 11.1 Å². The van der Waals surface area contributed by atoms with Crippen LogP contribution in [0.25, 0.3) is 10.8 Å². The lowest BCUT2D eigenvalue weighted by molar-refractivity contribution is -0.383. The van der Waals surface area contributed by atoms with Crippen molar-refractivity contribution < 1.29 is 66.2 Å². The smallest absolute Gasteiger partial charge is 0.266 e. The van der Waals surface area contributed by atoms with Gasteiger partial charge in [0.25, 0.3) is 11.8 Å². The summed E-state index contributed by atoms with van der Waals surface area (Å²) in [7, 11) is -7.53. The van der Waals surface area contributed by atoms with Crippen LogP contribution >= 0.6 is 0 Å². The standard InChI is InChI=1S/C24H18F9NO5S.2H2/c1-2-3-4-5-6-7-9-14-12-13-17-18-15(14)10-8-11-16(18)19(35)34(20(17)36)39-40(37,38)24(32,33)22(27,28)21(25,26)23(29,30)31;;/h8,10-13H,2-6H2,1H3;2*1H/i;1+2T;1+2. The van der Waals surface area contributed by atoms with Gasteiger partial charge in [0.15, 0.2) is 0 Å². The summed E-state index contributed by atoms with van der Waals surface area (Å²) in [6.45, 7) is 2.03. The van der Waals surface area contributed by atoms with Gasteiger partial charge < -0.3 is 0 Å². The Morgan fingerprint density at radius 2 is 1.48 bits per heavy atom. The third kappa shape index (κ3) is 5.00. The van der Waals surface area contributed by atoms with Crippen molar-refractivity contribution in [3.05, 3.63) is 47.0 Å². The van der Waals surface area contributed by atoms with E-state index in [4.69, 9.17) is 2.97 Å².